The quantitative estimate of drug-likeness (QED) is 0.914. The second kappa shape index (κ2) is 5.36. The number of hydrogen-bond acceptors (Lipinski definition) is 3. The van der Waals surface area contributed by atoms with Crippen LogP contribution in [0.25, 0.3) is 0 Å². The van der Waals surface area contributed by atoms with Crippen LogP contribution in [0, 0.1) is 0 Å². The molecule has 0 amide bonds. The number of hydrogen-bond donors (Lipinski definition) is 1. The van der Waals surface area contributed by atoms with Gasteiger partial charge in [-0.15, -0.1) is 0 Å². The van der Waals surface area contributed by atoms with Crippen LogP contribution in [-0.2, 0) is 5.41 Å². The molecule has 1 aliphatic rings. The van der Waals surface area contributed by atoms with Crippen molar-refractivity contribution < 1.29 is 4.74 Å². The van der Waals surface area contributed by atoms with Crippen LogP contribution in [0.3, 0.4) is 0 Å². The van der Waals surface area contributed by atoms with Gasteiger partial charge in [0.05, 0.1) is 0 Å². The Kier molecular flexibility index (Phi) is 4.10. The molecule has 1 aliphatic carbocycles. The molecule has 0 aromatic carbocycles. The summed E-state index contributed by atoms with van der Waals surface area (Å²) in [5, 5.41) is 3.61. The average Bonchev–Trinajstić information content (AvgIpc) is 2.23. The Bertz CT molecular complexity index is 451. The third-order valence-corrected chi connectivity index (χ3v) is 3.62. The maximum Gasteiger partial charge on any atom is 0.213 e. The summed E-state index contributed by atoms with van der Waals surface area (Å²) < 4.78 is 5.98. The predicted octanol–water partition coefficient (Wildman–Crippen LogP) is 3.68. The lowest BCUT2D eigenvalue weighted by Gasteiger charge is -2.39. The third kappa shape index (κ3) is 4.20. The minimum Gasteiger partial charge on any atom is -0.474 e. The zero-order valence-corrected chi connectivity index (χ0v) is 13.7. The lowest BCUT2D eigenvalue weighted by Crippen LogP contribution is -2.53. The van der Waals surface area contributed by atoms with Crippen molar-refractivity contribution in [1.82, 2.24) is 10.3 Å². The first-order valence-corrected chi connectivity index (χ1v) is 7.54. The molecule has 0 aliphatic heterocycles. The van der Waals surface area contributed by atoms with Gasteiger partial charge in [0.25, 0.3) is 0 Å². The summed E-state index contributed by atoms with van der Waals surface area (Å²) in [4.78, 5) is 4.33. The summed E-state index contributed by atoms with van der Waals surface area (Å²) in [6, 6.07) is 4.72. The first-order chi connectivity index (χ1) is 9.13. The lowest BCUT2D eigenvalue weighted by molar-refractivity contribution is 0.0693. The molecule has 0 bridgehead atoms. The van der Waals surface area contributed by atoms with Gasteiger partial charge in [0.15, 0.2) is 0 Å². The molecule has 1 aromatic rings. The van der Waals surface area contributed by atoms with Crippen molar-refractivity contribution in [3.05, 3.63) is 23.9 Å². The van der Waals surface area contributed by atoms with Crippen molar-refractivity contribution >= 4 is 0 Å². The maximum atomic E-state index is 5.98. The first-order valence-electron chi connectivity index (χ1n) is 7.54. The summed E-state index contributed by atoms with van der Waals surface area (Å²) in [6.07, 6.45) is 4.29. The van der Waals surface area contributed by atoms with Crippen molar-refractivity contribution in [3.63, 3.8) is 0 Å². The van der Waals surface area contributed by atoms with Gasteiger partial charge in [-0.2, -0.15) is 0 Å². The minimum atomic E-state index is 0.136. The average molecular weight is 276 g/mol. The van der Waals surface area contributed by atoms with Crippen LogP contribution in [0.2, 0.25) is 0 Å². The van der Waals surface area contributed by atoms with Gasteiger partial charge in [0.2, 0.25) is 5.88 Å². The number of nitrogens with zero attached hydrogens (tertiary/aromatic N) is 1. The molecule has 0 atom stereocenters. The van der Waals surface area contributed by atoms with Gasteiger partial charge in [-0.25, -0.2) is 4.98 Å². The number of aromatic nitrogens is 1. The third-order valence-electron chi connectivity index (χ3n) is 3.62. The molecule has 1 N–H and O–H groups in total. The Morgan fingerprint density at radius 3 is 2.35 bits per heavy atom. The zero-order valence-electron chi connectivity index (χ0n) is 13.7. The molecule has 0 saturated heterocycles. The first kappa shape index (κ1) is 15.3. The van der Waals surface area contributed by atoms with Crippen LogP contribution in [0.15, 0.2) is 18.3 Å². The molecule has 1 aromatic heterocycles. The number of nitrogens with one attached hydrogen (secondary N) is 1. The molecule has 1 saturated carbocycles. The molecular weight excluding hydrogens is 248 g/mol. The van der Waals surface area contributed by atoms with Gasteiger partial charge < -0.3 is 10.1 Å². The summed E-state index contributed by atoms with van der Waals surface area (Å²) in [7, 11) is 0. The van der Waals surface area contributed by atoms with Gasteiger partial charge >= 0.3 is 0 Å². The standard InChI is InChI=1S/C17H28N2O/c1-16(2,3)12-7-8-18-15(9-12)20-14-10-13(11-14)19-17(4,5)6/h7-9,13-14,19H,10-11H2,1-6H3/t13-,14-. The van der Waals surface area contributed by atoms with Crippen molar-refractivity contribution in [1.29, 1.82) is 0 Å². The van der Waals surface area contributed by atoms with E-state index < -0.39 is 0 Å². The molecule has 0 unspecified atom stereocenters. The smallest absolute Gasteiger partial charge is 0.213 e. The maximum absolute atomic E-state index is 5.98. The molecular formula is C17H28N2O. The van der Waals surface area contributed by atoms with Crippen molar-refractivity contribution in [3.8, 4) is 5.88 Å². The fraction of sp³-hybridized carbons (Fsp3) is 0.706. The summed E-state index contributed by atoms with van der Waals surface area (Å²) in [5.74, 6) is 0.761. The SMILES string of the molecule is CC(C)(C)N[C@H]1C[C@H](Oc2cc(C(C)(C)C)ccn2)C1. The molecule has 3 nitrogen and oxygen atoms in total. The fourth-order valence-corrected chi connectivity index (χ4v) is 2.50. The van der Waals surface area contributed by atoms with E-state index in [1.54, 1.807) is 0 Å². The highest BCUT2D eigenvalue weighted by molar-refractivity contribution is 5.26. The van der Waals surface area contributed by atoms with E-state index in [-0.39, 0.29) is 11.0 Å². The second-order valence-corrected chi connectivity index (χ2v) is 7.94. The molecule has 0 radical (unpaired) electrons. The second-order valence-electron chi connectivity index (χ2n) is 7.94. The van der Waals surface area contributed by atoms with Gasteiger partial charge in [-0.3, -0.25) is 0 Å². The van der Waals surface area contributed by atoms with Crippen LogP contribution in [0.4, 0.5) is 0 Å². The Labute approximate surface area is 123 Å². The van der Waals surface area contributed by atoms with Gasteiger partial charge in [-0.1, -0.05) is 20.8 Å². The van der Waals surface area contributed by atoms with E-state index in [9.17, 15) is 0 Å². The highest BCUT2D eigenvalue weighted by Gasteiger charge is 2.33. The molecule has 0 spiro atoms. The monoisotopic (exact) mass is 276 g/mol. The number of rotatable bonds is 3. The largest absolute Gasteiger partial charge is 0.474 e. The highest BCUT2D eigenvalue weighted by atomic mass is 16.5. The molecule has 112 valence electrons. The molecule has 3 heteroatoms. The van der Waals surface area contributed by atoms with Crippen LogP contribution in [0.5, 0.6) is 5.88 Å². The van der Waals surface area contributed by atoms with Crippen molar-refractivity contribution in [2.24, 2.45) is 0 Å². The van der Waals surface area contributed by atoms with E-state index in [0.29, 0.717) is 12.1 Å². The topological polar surface area (TPSA) is 34.1 Å². The predicted molar refractivity (Wildman–Crippen MR) is 83.3 cm³/mol. The Morgan fingerprint density at radius 2 is 1.80 bits per heavy atom. The minimum absolute atomic E-state index is 0.136. The van der Waals surface area contributed by atoms with E-state index >= 15 is 0 Å². The summed E-state index contributed by atoms with van der Waals surface area (Å²) in [6.45, 7) is 13.2. The zero-order chi connectivity index (χ0) is 15.0. The Morgan fingerprint density at radius 1 is 1.15 bits per heavy atom. The normalized spacial score (nSPS) is 23.3. The van der Waals surface area contributed by atoms with E-state index in [2.05, 4.69) is 64.0 Å². The molecule has 1 heterocycles. The van der Waals surface area contributed by atoms with Gasteiger partial charge in [-0.05, 0) is 50.7 Å². The van der Waals surface area contributed by atoms with E-state index in [4.69, 9.17) is 4.74 Å². The van der Waals surface area contributed by atoms with Crippen LogP contribution in [0.1, 0.15) is 59.9 Å². The van der Waals surface area contributed by atoms with E-state index in [0.717, 1.165) is 18.7 Å². The van der Waals surface area contributed by atoms with Crippen LogP contribution in [-0.4, -0.2) is 22.7 Å². The molecule has 1 fully saturated rings. The van der Waals surface area contributed by atoms with Crippen molar-refractivity contribution in [2.75, 3.05) is 0 Å². The van der Waals surface area contributed by atoms with E-state index in [1.165, 1.54) is 5.56 Å². The number of pyridine rings is 1. The summed E-state index contributed by atoms with van der Waals surface area (Å²) in [5.41, 5.74) is 1.59. The highest BCUT2D eigenvalue weighted by Crippen LogP contribution is 2.29. The Balaban J connectivity index is 1.87. The lowest BCUT2D eigenvalue weighted by atomic mass is 9.87. The molecule has 2 rings (SSSR count). The molecule has 20 heavy (non-hydrogen) atoms. The number of ether oxygens (including phenoxy) is 1. The van der Waals surface area contributed by atoms with Crippen LogP contribution < -0.4 is 10.1 Å². The van der Waals surface area contributed by atoms with E-state index in [1.807, 2.05) is 6.20 Å². The van der Waals surface area contributed by atoms with Gasteiger partial charge in [0, 0.05) is 23.8 Å². The fourth-order valence-electron chi connectivity index (χ4n) is 2.50. The summed E-state index contributed by atoms with van der Waals surface area (Å²) >= 11 is 0. The van der Waals surface area contributed by atoms with Crippen molar-refractivity contribution in [2.45, 2.75) is 77.5 Å². The Hall–Kier alpha value is -1.09. The van der Waals surface area contributed by atoms with Gasteiger partial charge in [0.1, 0.15) is 6.10 Å². The van der Waals surface area contributed by atoms with Crippen LogP contribution >= 0.6 is 0 Å².